The van der Waals surface area contributed by atoms with Crippen molar-refractivity contribution in [2.24, 2.45) is 0 Å². The molecule has 11 nitrogen and oxygen atoms in total. The van der Waals surface area contributed by atoms with Crippen molar-refractivity contribution in [3.05, 3.63) is 77.3 Å². The molecule has 2 N–H and O–H groups in total. The van der Waals surface area contributed by atoms with Crippen molar-refractivity contribution in [2.75, 3.05) is 25.0 Å². The van der Waals surface area contributed by atoms with E-state index in [9.17, 15) is 9.90 Å². The fourth-order valence-corrected chi connectivity index (χ4v) is 4.80. The lowest BCUT2D eigenvalue weighted by atomic mass is 9.89. The van der Waals surface area contributed by atoms with Crippen LogP contribution in [0.15, 0.2) is 48.9 Å². The molecule has 38 heavy (non-hydrogen) atoms. The lowest BCUT2D eigenvalue weighted by molar-refractivity contribution is -0.154. The molecule has 5 rings (SSSR count). The summed E-state index contributed by atoms with van der Waals surface area (Å²) in [5, 5.41) is 22.8. The van der Waals surface area contributed by atoms with Crippen LogP contribution in [-0.4, -0.2) is 76.6 Å². The maximum Gasteiger partial charge on any atom is 0.254 e. The van der Waals surface area contributed by atoms with Gasteiger partial charge in [0.25, 0.3) is 5.91 Å². The molecule has 0 saturated carbocycles. The van der Waals surface area contributed by atoms with Gasteiger partial charge in [0.2, 0.25) is 5.95 Å². The molecule has 4 aromatic rings. The number of amides is 1. The van der Waals surface area contributed by atoms with Crippen molar-refractivity contribution in [1.82, 2.24) is 39.8 Å². The van der Waals surface area contributed by atoms with Crippen LogP contribution in [0.3, 0.4) is 0 Å². The number of hydrogen-bond acceptors (Lipinski definition) is 8. The Hall–Kier alpha value is -4.12. The van der Waals surface area contributed by atoms with Crippen molar-refractivity contribution in [1.29, 1.82) is 0 Å². The third kappa shape index (κ3) is 5.28. The van der Waals surface area contributed by atoms with Crippen molar-refractivity contribution >= 4 is 11.9 Å². The Morgan fingerprint density at radius 2 is 1.97 bits per heavy atom. The Bertz CT molecular complexity index is 1390. The molecule has 11 heteroatoms. The second-order valence-corrected chi connectivity index (χ2v) is 10.0. The second-order valence-electron chi connectivity index (χ2n) is 10.0. The highest BCUT2D eigenvalue weighted by atomic mass is 16.3. The number of pyridine rings is 1. The number of nitrogens with zero attached hydrogens (tertiary/aromatic N) is 8. The van der Waals surface area contributed by atoms with Crippen LogP contribution < -0.4 is 4.90 Å². The average Bonchev–Trinajstić information content (AvgIpc) is 3.60. The van der Waals surface area contributed by atoms with Gasteiger partial charge in [0.1, 0.15) is 5.60 Å². The maximum absolute atomic E-state index is 13.4. The first-order valence-corrected chi connectivity index (χ1v) is 12.8. The van der Waals surface area contributed by atoms with Crippen molar-refractivity contribution in [3.8, 4) is 5.82 Å². The molecule has 0 unspecified atom stereocenters. The van der Waals surface area contributed by atoms with Crippen LogP contribution in [0.2, 0.25) is 0 Å². The number of rotatable bonds is 7. The van der Waals surface area contributed by atoms with E-state index in [2.05, 4.69) is 25.3 Å². The molecule has 0 aliphatic carbocycles. The number of hydrogen-bond donors (Lipinski definition) is 2. The van der Waals surface area contributed by atoms with E-state index in [1.54, 1.807) is 29.0 Å². The summed E-state index contributed by atoms with van der Waals surface area (Å²) in [4.78, 5) is 30.9. The zero-order valence-corrected chi connectivity index (χ0v) is 22.2. The predicted molar refractivity (Wildman–Crippen MR) is 142 cm³/mol. The zero-order chi connectivity index (χ0) is 26.9. The third-order valence-corrected chi connectivity index (χ3v) is 7.18. The Kier molecular flexibility index (Phi) is 6.94. The van der Waals surface area contributed by atoms with Gasteiger partial charge in [0.15, 0.2) is 5.82 Å². The fourth-order valence-electron chi connectivity index (χ4n) is 4.80. The van der Waals surface area contributed by atoms with Crippen molar-refractivity contribution in [3.63, 3.8) is 0 Å². The summed E-state index contributed by atoms with van der Waals surface area (Å²) < 4.78 is 1.68. The van der Waals surface area contributed by atoms with Gasteiger partial charge < -0.3 is 14.9 Å². The summed E-state index contributed by atoms with van der Waals surface area (Å²) in [6.07, 6.45) is 6.47. The molecule has 0 aromatic carbocycles. The van der Waals surface area contributed by atoms with Gasteiger partial charge in [-0.3, -0.25) is 9.89 Å². The van der Waals surface area contributed by atoms with E-state index in [1.807, 2.05) is 62.2 Å². The van der Waals surface area contributed by atoms with Gasteiger partial charge in [-0.05, 0) is 50.6 Å². The molecular weight excluding hydrogens is 482 g/mol. The van der Waals surface area contributed by atoms with Gasteiger partial charge in [-0.15, -0.1) is 0 Å². The summed E-state index contributed by atoms with van der Waals surface area (Å²) in [5.74, 6) is 1.03. The Balaban J connectivity index is 1.23. The first-order chi connectivity index (χ1) is 18.2. The minimum absolute atomic E-state index is 0.253. The van der Waals surface area contributed by atoms with Crippen molar-refractivity contribution < 1.29 is 9.90 Å². The molecule has 4 aromatic heterocycles. The molecule has 1 aliphatic rings. The Morgan fingerprint density at radius 1 is 1.18 bits per heavy atom. The minimum Gasteiger partial charge on any atom is -0.380 e. The molecule has 0 spiro atoms. The first-order valence-electron chi connectivity index (χ1n) is 12.8. The van der Waals surface area contributed by atoms with Gasteiger partial charge in [-0.25, -0.2) is 19.6 Å². The SMILES string of the molecule is Cc1cc(Cc2cc(C)[nH]n2)nc(N2CCC(O)(C(=O)N(C)[C@@H](C)c3ccc(-n4cccn4)nc3)CC2)n1. The van der Waals surface area contributed by atoms with Crippen LogP contribution in [0.25, 0.3) is 5.82 Å². The normalized spacial score (nSPS) is 15.9. The molecule has 0 bridgehead atoms. The molecule has 1 aliphatic heterocycles. The molecule has 5 heterocycles. The number of anilines is 1. The predicted octanol–water partition coefficient (Wildman–Crippen LogP) is 2.54. The number of aromatic amines is 1. The van der Waals surface area contributed by atoms with E-state index < -0.39 is 5.60 Å². The number of carbonyl (C=O) groups is 1. The van der Waals surface area contributed by atoms with Gasteiger partial charge in [-0.2, -0.15) is 10.2 Å². The Morgan fingerprint density at radius 3 is 2.61 bits per heavy atom. The van der Waals surface area contributed by atoms with Crippen LogP contribution in [0.5, 0.6) is 0 Å². The van der Waals surface area contributed by atoms with E-state index in [4.69, 9.17) is 4.98 Å². The number of H-pyrrole nitrogens is 1. The van der Waals surface area contributed by atoms with Crippen LogP contribution in [-0.2, 0) is 11.2 Å². The molecule has 0 radical (unpaired) electrons. The number of piperidine rings is 1. The largest absolute Gasteiger partial charge is 0.380 e. The molecule has 1 amide bonds. The minimum atomic E-state index is -1.44. The number of aliphatic hydroxyl groups is 1. The van der Waals surface area contributed by atoms with Gasteiger partial charge in [0.05, 0.1) is 17.4 Å². The summed E-state index contributed by atoms with van der Waals surface area (Å²) >= 11 is 0. The summed E-state index contributed by atoms with van der Waals surface area (Å²) in [7, 11) is 1.73. The van der Waals surface area contributed by atoms with Gasteiger partial charge >= 0.3 is 0 Å². The molecule has 1 fully saturated rings. The molecular formula is C27H33N9O2. The monoisotopic (exact) mass is 515 g/mol. The lowest BCUT2D eigenvalue weighted by Gasteiger charge is -2.40. The van der Waals surface area contributed by atoms with Crippen LogP contribution in [0, 0.1) is 13.8 Å². The summed E-state index contributed by atoms with van der Waals surface area (Å²) in [6, 6.07) is 9.35. The fraction of sp³-hybridized carbons (Fsp3) is 0.407. The number of likely N-dealkylation sites (N-methyl/N-ethyl adjacent to an activating group) is 1. The summed E-state index contributed by atoms with van der Waals surface area (Å²) in [5.41, 5.74) is 3.12. The molecule has 1 atom stereocenters. The highest BCUT2D eigenvalue weighted by Gasteiger charge is 2.42. The Labute approximate surface area is 221 Å². The average molecular weight is 516 g/mol. The first kappa shape index (κ1) is 25.5. The number of aryl methyl sites for hydroxylation is 2. The standard InChI is InChI=1S/C27H33N9O2/c1-18-14-22(16-23-15-19(2)32-33-23)31-26(30-18)35-12-8-27(38,9-13-35)25(37)34(4)20(3)21-6-7-24(28-17-21)36-11-5-10-29-36/h5-7,10-11,14-15,17,20,38H,8-9,12-13,16H2,1-4H3,(H,32,33)/t20-/m0/s1. The van der Waals surface area contributed by atoms with Crippen LogP contribution >= 0.6 is 0 Å². The lowest BCUT2D eigenvalue weighted by Crippen LogP contribution is -2.54. The second kappa shape index (κ2) is 10.3. The molecule has 198 valence electrons. The number of nitrogens with one attached hydrogen (secondary N) is 1. The number of aromatic nitrogens is 7. The number of carbonyl (C=O) groups excluding carboxylic acids is 1. The van der Waals surface area contributed by atoms with Crippen molar-refractivity contribution in [2.45, 2.75) is 51.7 Å². The molecule has 1 saturated heterocycles. The van der Waals surface area contributed by atoms with E-state index in [-0.39, 0.29) is 11.9 Å². The van der Waals surface area contributed by atoms with E-state index in [0.717, 1.165) is 28.3 Å². The smallest absolute Gasteiger partial charge is 0.254 e. The quantitative estimate of drug-likeness (QED) is 0.384. The van der Waals surface area contributed by atoms with Crippen LogP contribution in [0.1, 0.15) is 54.1 Å². The highest BCUT2D eigenvalue weighted by molar-refractivity contribution is 5.85. The topological polar surface area (TPSA) is 129 Å². The van der Waals surface area contributed by atoms with E-state index >= 15 is 0 Å². The zero-order valence-electron chi connectivity index (χ0n) is 22.2. The highest BCUT2D eigenvalue weighted by Crippen LogP contribution is 2.30. The third-order valence-electron chi connectivity index (χ3n) is 7.18. The van der Waals surface area contributed by atoms with Crippen LogP contribution in [0.4, 0.5) is 5.95 Å². The maximum atomic E-state index is 13.4. The van der Waals surface area contributed by atoms with E-state index in [1.165, 1.54) is 0 Å². The van der Waals surface area contributed by atoms with Gasteiger partial charge in [-0.1, -0.05) is 6.07 Å². The van der Waals surface area contributed by atoms with Gasteiger partial charge in [0, 0.05) is 69.4 Å². The van der Waals surface area contributed by atoms with E-state index in [0.29, 0.717) is 44.1 Å². The summed E-state index contributed by atoms with van der Waals surface area (Å²) in [6.45, 7) is 6.81.